The summed E-state index contributed by atoms with van der Waals surface area (Å²) in [6, 6.07) is 3.93. The standard InChI is InChI=1S/C12H16N2O4S/c1-3-4-7-14-19(16,17)9-5-6-11(18-2)10(8-9)12(13)15/h3,5-6,8,14H,1,4,7H2,2H3,(H2,13,15). The number of sulfonamides is 1. The molecule has 0 radical (unpaired) electrons. The van der Waals surface area contributed by atoms with E-state index in [9.17, 15) is 13.2 Å². The second-order valence-corrected chi connectivity index (χ2v) is 5.47. The van der Waals surface area contributed by atoms with Gasteiger partial charge in [-0.1, -0.05) is 6.08 Å². The summed E-state index contributed by atoms with van der Waals surface area (Å²) >= 11 is 0. The number of primary amides is 1. The van der Waals surface area contributed by atoms with E-state index in [1.807, 2.05) is 0 Å². The number of hydrogen-bond acceptors (Lipinski definition) is 4. The highest BCUT2D eigenvalue weighted by Crippen LogP contribution is 2.21. The number of hydrogen-bond donors (Lipinski definition) is 2. The highest BCUT2D eigenvalue weighted by Gasteiger charge is 2.17. The van der Waals surface area contributed by atoms with Crippen LogP contribution in [0.25, 0.3) is 0 Å². The molecular formula is C12H16N2O4S. The van der Waals surface area contributed by atoms with Crippen LogP contribution in [0.15, 0.2) is 35.7 Å². The van der Waals surface area contributed by atoms with E-state index in [0.717, 1.165) is 0 Å². The van der Waals surface area contributed by atoms with Crippen LogP contribution in [0.4, 0.5) is 0 Å². The lowest BCUT2D eigenvalue weighted by molar-refractivity contribution is 0.0997. The fourth-order valence-corrected chi connectivity index (χ4v) is 2.50. The molecule has 0 unspecified atom stereocenters. The Bertz CT molecular complexity index is 581. The Hall–Kier alpha value is -1.86. The average molecular weight is 284 g/mol. The maximum absolute atomic E-state index is 11.9. The monoisotopic (exact) mass is 284 g/mol. The van der Waals surface area contributed by atoms with E-state index in [2.05, 4.69) is 11.3 Å². The number of benzene rings is 1. The van der Waals surface area contributed by atoms with Crippen LogP contribution in [0, 0.1) is 0 Å². The first-order chi connectivity index (χ1) is 8.92. The largest absolute Gasteiger partial charge is 0.496 e. The van der Waals surface area contributed by atoms with Gasteiger partial charge in [0, 0.05) is 6.54 Å². The van der Waals surface area contributed by atoms with Gasteiger partial charge in [0.25, 0.3) is 5.91 Å². The van der Waals surface area contributed by atoms with E-state index in [1.54, 1.807) is 6.08 Å². The van der Waals surface area contributed by atoms with Gasteiger partial charge in [-0.15, -0.1) is 6.58 Å². The summed E-state index contributed by atoms with van der Waals surface area (Å²) in [5, 5.41) is 0. The van der Waals surface area contributed by atoms with Gasteiger partial charge in [-0.2, -0.15) is 0 Å². The molecule has 1 rings (SSSR count). The zero-order chi connectivity index (χ0) is 14.5. The van der Waals surface area contributed by atoms with E-state index < -0.39 is 15.9 Å². The van der Waals surface area contributed by atoms with Gasteiger partial charge in [0.15, 0.2) is 0 Å². The number of methoxy groups -OCH3 is 1. The first-order valence-corrected chi connectivity index (χ1v) is 6.99. The Labute approximate surface area is 112 Å². The summed E-state index contributed by atoms with van der Waals surface area (Å²) in [5.41, 5.74) is 5.20. The Morgan fingerprint density at radius 2 is 2.21 bits per heavy atom. The van der Waals surface area contributed by atoms with Crippen LogP contribution in [0.2, 0.25) is 0 Å². The molecule has 1 aromatic carbocycles. The maximum Gasteiger partial charge on any atom is 0.252 e. The van der Waals surface area contributed by atoms with E-state index in [0.29, 0.717) is 6.42 Å². The van der Waals surface area contributed by atoms with Crippen molar-refractivity contribution >= 4 is 15.9 Å². The number of nitrogens with one attached hydrogen (secondary N) is 1. The topological polar surface area (TPSA) is 98.5 Å². The number of carbonyl (C=O) groups is 1. The Morgan fingerprint density at radius 3 is 2.74 bits per heavy atom. The molecule has 0 saturated heterocycles. The third-order valence-electron chi connectivity index (χ3n) is 2.39. The number of carbonyl (C=O) groups excluding carboxylic acids is 1. The molecule has 0 aromatic heterocycles. The summed E-state index contributed by atoms with van der Waals surface area (Å²) in [6.07, 6.45) is 2.11. The average Bonchev–Trinajstić information content (AvgIpc) is 2.38. The molecule has 1 amide bonds. The number of ether oxygens (including phenoxy) is 1. The molecule has 0 aliphatic carbocycles. The van der Waals surface area contributed by atoms with Crippen molar-refractivity contribution < 1.29 is 17.9 Å². The van der Waals surface area contributed by atoms with Crippen molar-refractivity contribution in [3.63, 3.8) is 0 Å². The molecule has 6 nitrogen and oxygen atoms in total. The fourth-order valence-electron chi connectivity index (χ4n) is 1.43. The first kappa shape index (κ1) is 15.2. The lowest BCUT2D eigenvalue weighted by Crippen LogP contribution is -2.25. The van der Waals surface area contributed by atoms with Crippen molar-refractivity contribution in [1.82, 2.24) is 4.72 Å². The van der Waals surface area contributed by atoms with E-state index >= 15 is 0 Å². The molecule has 0 atom stereocenters. The third kappa shape index (κ3) is 3.80. The minimum absolute atomic E-state index is 0.0223. The summed E-state index contributed by atoms with van der Waals surface area (Å²) in [5.74, 6) is -0.516. The third-order valence-corrected chi connectivity index (χ3v) is 3.85. The minimum Gasteiger partial charge on any atom is -0.496 e. The van der Waals surface area contributed by atoms with Gasteiger partial charge in [-0.3, -0.25) is 4.79 Å². The summed E-state index contributed by atoms with van der Waals surface area (Å²) in [4.78, 5) is 11.2. The summed E-state index contributed by atoms with van der Waals surface area (Å²) in [7, 11) is -2.30. The van der Waals surface area contributed by atoms with Crippen molar-refractivity contribution in [1.29, 1.82) is 0 Å². The van der Waals surface area contributed by atoms with Gasteiger partial charge in [0.1, 0.15) is 5.75 Å². The van der Waals surface area contributed by atoms with Crippen molar-refractivity contribution in [2.45, 2.75) is 11.3 Å². The lowest BCUT2D eigenvalue weighted by Gasteiger charge is -2.09. The van der Waals surface area contributed by atoms with Crippen LogP contribution < -0.4 is 15.2 Å². The molecule has 104 valence electrons. The van der Waals surface area contributed by atoms with Gasteiger partial charge in [0.2, 0.25) is 10.0 Å². The maximum atomic E-state index is 11.9. The molecule has 0 saturated carbocycles. The molecular weight excluding hydrogens is 268 g/mol. The van der Waals surface area contributed by atoms with Crippen molar-refractivity contribution in [2.24, 2.45) is 5.73 Å². The molecule has 0 spiro atoms. The highest BCUT2D eigenvalue weighted by atomic mass is 32.2. The van der Waals surface area contributed by atoms with E-state index in [-0.39, 0.29) is 22.8 Å². The molecule has 0 aliphatic heterocycles. The second-order valence-electron chi connectivity index (χ2n) is 3.70. The van der Waals surface area contributed by atoms with Crippen LogP contribution in [0.5, 0.6) is 5.75 Å². The predicted molar refractivity (Wildman–Crippen MR) is 71.5 cm³/mol. The van der Waals surface area contributed by atoms with E-state index in [1.165, 1.54) is 25.3 Å². The molecule has 7 heteroatoms. The van der Waals surface area contributed by atoms with Crippen LogP contribution in [0.1, 0.15) is 16.8 Å². The first-order valence-electron chi connectivity index (χ1n) is 5.50. The number of nitrogens with two attached hydrogens (primary N) is 1. The fraction of sp³-hybridized carbons (Fsp3) is 0.250. The van der Waals surface area contributed by atoms with Gasteiger partial charge >= 0.3 is 0 Å². The van der Waals surface area contributed by atoms with Crippen LogP contribution >= 0.6 is 0 Å². The van der Waals surface area contributed by atoms with Gasteiger partial charge < -0.3 is 10.5 Å². The number of amides is 1. The summed E-state index contributed by atoms with van der Waals surface area (Å²) < 4.78 is 31.2. The Balaban J connectivity index is 3.11. The van der Waals surface area contributed by atoms with Crippen LogP contribution in [0.3, 0.4) is 0 Å². The van der Waals surface area contributed by atoms with Crippen molar-refractivity contribution in [2.75, 3.05) is 13.7 Å². The molecule has 1 aromatic rings. The zero-order valence-electron chi connectivity index (χ0n) is 10.5. The molecule has 0 bridgehead atoms. The van der Waals surface area contributed by atoms with Gasteiger partial charge in [0.05, 0.1) is 17.6 Å². The number of rotatable bonds is 7. The smallest absolute Gasteiger partial charge is 0.252 e. The van der Waals surface area contributed by atoms with Crippen LogP contribution in [-0.4, -0.2) is 28.0 Å². The molecule has 0 heterocycles. The van der Waals surface area contributed by atoms with Crippen molar-refractivity contribution in [3.05, 3.63) is 36.4 Å². The molecule has 19 heavy (non-hydrogen) atoms. The Morgan fingerprint density at radius 1 is 1.53 bits per heavy atom. The quantitative estimate of drug-likeness (QED) is 0.567. The van der Waals surface area contributed by atoms with Crippen LogP contribution in [-0.2, 0) is 10.0 Å². The Kier molecular flexibility index (Phi) is 5.08. The zero-order valence-corrected chi connectivity index (χ0v) is 11.4. The molecule has 0 aliphatic rings. The van der Waals surface area contributed by atoms with Gasteiger partial charge in [-0.05, 0) is 24.6 Å². The normalized spacial score (nSPS) is 11.0. The van der Waals surface area contributed by atoms with Gasteiger partial charge in [-0.25, -0.2) is 13.1 Å². The SMILES string of the molecule is C=CCCNS(=O)(=O)c1ccc(OC)c(C(N)=O)c1. The second kappa shape index (κ2) is 6.35. The molecule has 0 fully saturated rings. The minimum atomic E-state index is -3.67. The van der Waals surface area contributed by atoms with E-state index in [4.69, 9.17) is 10.5 Å². The summed E-state index contributed by atoms with van der Waals surface area (Å²) in [6.45, 7) is 3.74. The predicted octanol–water partition coefficient (Wildman–Crippen LogP) is 0.648. The lowest BCUT2D eigenvalue weighted by atomic mass is 10.2. The molecule has 3 N–H and O–H groups in total. The highest BCUT2D eigenvalue weighted by molar-refractivity contribution is 7.89. The van der Waals surface area contributed by atoms with Crippen molar-refractivity contribution in [3.8, 4) is 5.75 Å².